The fourth-order valence-electron chi connectivity index (χ4n) is 3.97. The van der Waals surface area contributed by atoms with Crippen molar-refractivity contribution in [2.24, 2.45) is 4.99 Å². The number of carbonyl (C=O) groups excluding carboxylic acids is 1. The second-order valence-corrected chi connectivity index (χ2v) is 8.11. The van der Waals surface area contributed by atoms with E-state index in [4.69, 9.17) is 4.74 Å². The van der Waals surface area contributed by atoms with Gasteiger partial charge in [0.25, 0.3) is 5.91 Å². The predicted octanol–water partition coefficient (Wildman–Crippen LogP) is 5.37. The molecule has 5 rings (SSSR count). The molecule has 1 aliphatic rings. The van der Waals surface area contributed by atoms with Crippen LogP contribution in [0.3, 0.4) is 0 Å². The van der Waals surface area contributed by atoms with E-state index < -0.39 is 0 Å². The fraction of sp³-hybridized carbons (Fsp3) is 0.148. The first-order valence-corrected chi connectivity index (χ1v) is 10.9. The Morgan fingerprint density at radius 3 is 2.79 bits per heavy atom. The summed E-state index contributed by atoms with van der Waals surface area (Å²) in [4.78, 5) is 24.9. The minimum Gasteiger partial charge on any atom is -0.456 e. The number of nitrogens with zero attached hydrogens (tertiary/aromatic N) is 2. The molecule has 0 saturated carbocycles. The lowest BCUT2D eigenvalue weighted by Crippen LogP contribution is -2.23. The van der Waals surface area contributed by atoms with Gasteiger partial charge < -0.3 is 15.0 Å². The third-order valence-electron chi connectivity index (χ3n) is 5.73. The second kappa shape index (κ2) is 8.74. The molecule has 164 valence electrons. The topological polar surface area (TPSA) is 79.4 Å². The number of nitrogens with one attached hydrogen (secondary N) is 2. The van der Waals surface area contributed by atoms with E-state index in [1.54, 1.807) is 6.20 Å². The fourth-order valence-corrected chi connectivity index (χ4v) is 3.97. The molecule has 6 heteroatoms. The molecule has 0 bridgehead atoms. The third kappa shape index (κ3) is 4.28. The van der Waals surface area contributed by atoms with Gasteiger partial charge >= 0.3 is 0 Å². The molecule has 0 spiro atoms. The van der Waals surface area contributed by atoms with Gasteiger partial charge in [0.15, 0.2) is 0 Å². The van der Waals surface area contributed by atoms with Crippen LogP contribution in [0.2, 0.25) is 0 Å². The molecule has 1 aliphatic heterocycles. The largest absolute Gasteiger partial charge is 0.456 e. The van der Waals surface area contributed by atoms with Gasteiger partial charge in [0.05, 0.1) is 11.9 Å². The summed E-state index contributed by atoms with van der Waals surface area (Å²) in [6.07, 6.45) is 5.63. The first-order valence-electron chi connectivity index (χ1n) is 10.9. The SMILES string of the molecule is Cc1cccc(CNC(=O)c2cccc(Oc3ccnc4[nH]c(C5=CCN=C5)cc34)c2C)c1. The predicted molar refractivity (Wildman–Crippen MR) is 131 cm³/mol. The van der Waals surface area contributed by atoms with Gasteiger partial charge in [-0.05, 0) is 43.7 Å². The minimum atomic E-state index is -0.129. The van der Waals surface area contributed by atoms with Gasteiger partial charge in [0.2, 0.25) is 0 Å². The Bertz CT molecular complexity index is 1410. The van der Waals surface area contributed by atoms with Crippen LogP contribution in [0.4, 0.5) is 0 Å². The van der Waals surface area contributed by atoms with Crippen molar-refractivity contribution in [3.05, 3.63) is 94.8 Å². The summed E-state index contributed by atoms with van der Waals surface area (Å²) in [5.41, 5.74) is 6.35. The van der Waals surface area contributed by atoms with Gasteiger partial charge in [0.1, 0.15) is 17.1 Å². The molecule has 2 aromatic carbocycles. The summed E-state index contributed by atoms with van der Waals surface area (Å²) < 4.78 is 6.27. The van der Waals surface area contributed by atoms with Crippen LogP contribution >= 0.6 is 0 Å². The summed E-state index contributed by atoms with van der Waals surface area (Å²) >= 11 is 0. The van der Waals surface area contributed by atoms with E-state index in [9.17, 15) is 4.79 Å². The van der Waals surface area contributed by atoms with E-state index in [0.717, 1.165) is 33.4 Å². The van der Waals surface area contributed by atoms with E-state index in [2.05, 4.69) is 32.4 Å². The average Bonchev–Trinajstić information content (AvgIpc) is 3.49. The lowest BCUT2D eigenvalue weighted by Gasteiger charge is -2.13. The maximum Gasteiger partial charge on any atom is 0.251 e. The van der Waals surface area contributed by atoms with E-state index in [-0.39, 0.29) is 5.91 Å². The van der Waals surface area contributed by atoms with Crippen molar-refractivity contribution >= 4 is 28.7 Å². The Labute approximate surface area is 192 Å². The number of carbonyl (C=O) groups is 1. The minimum absolute atomic E-state index is 0.129. The summed E-state index contributed by atoms with van der Waals surface area (Å²) in [6, 6.07) is 17.5. The van der Waals surface area contributed by atoms with Crippen molar-refractivity contribution in [2.75, 3.05) is 6.54 Å². The van der Waals surface area contributed by atoms with E-state index in [1.165, 1.54) is 5.56 Å². The van der Waals surface area contributed by atoms with E-state index in [1.807, 2.05) is 68.6 Å². The van der Waals surface area contributed by atoms with Crippen molar-refractivity contribution in [1.29, 1.82) is 0 Å². The monoisotopic (exact) mass is 436 g/mol. The number of aromatic amines is 1. The van der Waals surface area contributed by atoms with Crippen molar-refractivity contribution in [3.8, 4) is 11.5 Å². The summed E-state index contributed by atoms with van der Waals surface area (Å²) in [7, 11) is 0. The molecule has 2 aromatic heterocycles. The van der Waals surface area contributed by atoms with Crippen molar-refractivity contribution in [1.82, 2.24) is 15.3 Å². The molecular formula is C27H24N4O2. The molecule has 0 atom stereocenters. The van der Waals surface area contributed by atoms with Gasteiger partial charge in [-0.3, -0.25) is 9.79 Å². The first-order chi connectivity index (χ1) is 16.1. The molecular weight excluding hydrogens is 412 g/mol. The Morgan fingerprint density at radius 1 is 1.09 bits per heavy atom. The Hall–Kier alpha value is -4.19. The molecule has 0 fully saturated rings. The van der Waals surface area contributed by atoms with Crippen LogP contribution in [-0.4, -0.2) is 28.6 Å². The van der Waals surface area contributed by atoms with Gasteiger partial charge in [-0.25, -0.2) is 4.98 Å². The highest BCUT2D eigenvalue weighted by Crippen LogP contribution is 2.33. The molecule has 3 heterocycles. The van der Waals surface area contributed by atoms with Crippen LogP contribution in [0.5, 0.6) is 11.5 Å². The third-order valence-corrected chi connectivity index (χ3v) is 5.73. The van der Waals surface area contributed by atoms with Crippen molar-refractivity contribution < 1.29 is 9.53 Å². The zero-order valence-corrected chi connectivity index (χ0v) is 18.6. The van der Waals surface area contributed by atoms with Crippen LogP contribution < -0.4 is 10.1 Å². The zero-order chi connectivity index (χ0) is 22.8. The number of rotatable bonds is 6. The smallest absolute Gasteiger partial charge is 0.251 e. The molecule has 0 unspecified atom stereocenters. The maximum atomic E-state index is 12.9. The van der Waals surface area contributed by atoms with Crippen LogP contribution in [0.1, 0.15) is 32.7 Å². The van der Waals surface area contributed by atoms with Gasteiger partial charge in [0, 0.05) is 41.4 Å². The second-order valence-electron chi connectivity index (χ2n) is 8.11. The number of H-pyrrole nitrogens is 1. The molecule has 0 radical (unpaired) electrons. The number of aliphatic imine (C=N–C) groups is 1. The lowest BCUT2D eigenvalue weighted by molar-refractivity contribution is 0.0950. The Kier molecular flexibility index (Phi) is 5.48. The number of hydrogen-bond acceptors (Lipinski definition) is 4. The van der Waals surface area contributed by atoms with E-state index in [0.29, 0.717) is 30.2 Å². The zero-order valence-electron chi connectivity index (χ0n) is 18.6. The van der Waals surface area contributed by atoms with Gasteiger partial charge in [-0.1, -0.05) is 42.0 Å². The molecule has 33 heavy (non-hydrogen) atoms. The van der Waals surface area contributed by atoms with Crippen molar-refractivity contribution in [3.63, 3.8) is 0 Å². The van der Waals surface area contributed by atoms with Crippen LogP contribution in [0.25, 0.3) is 16.6 Å². The number of hydrogen-bond donors (Lipinski definition) is 2. The Balaban J connectivity index is 1.38. The molecule has 4 aromatic rings. The number of benzene rings is 2. The van der Waals surface area contributed by atoms with Crippen LogP contribution in [0.15, 0.2) is 71.9 Å². The molecule has 2 N–H and O–H groups in total. The van der Waals surface area contributed by atoms with Gasteiger partial charge in [-0.2, -0.15) is 0 Å². The highest BCUT2D eigenvalue weighted by molar-refractivity contribution is 6.12. The molecule has 1 amide bonds. The highest BCUT2D eigenvalue weighted by atomic mass is 16.5. The van der Waals surface area contributed by atoms with E-state index >= 15 is 0 Å². The van der Waals surface area contributed by atoms with Crippen molar-refractivity contribution in [2.45, 2.75) is 20.4 Å². The highest BCUT2D eigenvalue weighted by Gasteiger charge is 2.16. The van der Waals surface area contributed by atoms with Gasteiger partial charge in [-0.15, -0.1) is 0 Å². The summed E-state index contributed by atoms with van der Waals surface area (Å²) in [5.74, 6) is 1.18. The number of ether oxygens (including phenoxy) is 1. The lowest BCUT2D eigenvalue weighted by atomic mass is 10.1. The summed E-state index contributed by atoms with van der Waals surface area (Å²) in [5, 5.41) is 3.89. The normalized spacial score (nSPS) is 12.7. The number of fused-ring (bicyclic) bond motifs is 1. The maximum absolute atomic E-state index is 12.9. The van der Waals surface area contributed by atoms with Crippen LogP contribution in [-0.2, 0) is 6.54 Å². The average molecular weight is 437 g/mol. The number of aromatic nitrogens is 2. The molecule has 6 nitrogen and oxygen atoms in total. The number of allylic oxidation sites excluding steroid dienone is 1. The van der Waals surface area contributed by atoms with Crippen LogP contribution in [0, 0.1) is 13.8 Å². The molecule has 0 saturated heterocycles. The number of amides is 1. The summed E-state index contributed by atoms with van der Waals surface area (Å²) in [6.45, 7) is 5.11. The standard InChI is InChI=1S/C27H24N4O2/c1-17-5-3-6-19(13-17)15-30-27(32)21-7-4-8-24(18(21)2)33-25-10-12-29-26-22(25)14-23(31-26)20-9-11-28-16-20/h3-10,12-14,16H,11,15H2,1-2H3,(H,29,31)(H,30,32). The molecule has 0 aliphatic carbocycles. The number of aryl methyl sites for hydroxylation is 1. The number of pyridine rings is 1. The Morgan fingerprint density at radius 2 is 1.97 bits per heavy atom. The quantitative estimate of drug-likeness (QED) is 0.426. The first kappa shape index (κ1) is 20.7.